The minimum atomic E-state index is 0.310. The second kappa shape index (κ2) is 5.96. The van der Waals surface area contributed by atoms with Crippen LogP contribution in [0.15, 0.2) is 29.3 Å². The Bertz CT molecular complexity index is 310. The average molecular weight is 257 g/mol. The normalized spacial score (nSPS) is 10.1. The smallest absolute Gasteiger partial charge is 0.146 e. The zero-order valence-corrected chi connectivity index (χ0v) is 9.71. The van der Waals surface area contributed by atoms with Crippen LogP contribution in [0.5, 0.6) is 0 Å². The first-order chi connectivity index (χ1) is 6.79. The van der Waals surface area contributed by atoms with Crippen molar-refractivity contribution in [3.8, 4) is 0 Å². The van der Waals surface area contributed by atoms with E-state index in [1.165, 1.54) is 0 Å². The van der Waals surface area contributed by atoms with Crippen LogP contribution >= 0.6 is 15.9 Å². The Balaban J connectivity index is 2.71. The largest absolute Gasteiger partial charge is 0.359 e. The molecule has 0 aliphatic heterocycles. The predicted octanol–water partition coefficient (Wildman–Crippen LogP) is 3.21. The Morgan fingerprint density at radius 2 is 2.29 bits per heavy atom. The van der Waals surface area contributed by atoms with Crippen molar-refractivity contribution in [1.29, 1.82) is 0 Å². The summed E-state index contributed by atoms with van der Waals surface area (Å²) >= 11 is 3.50. The molecule has 0 aliphatic carbocycles. The summed E-state index contributed by atoms with van der Waals surface area (Å²) in [6, 6.07) is 5.98. The summed E-state index contributed by atoms with van der Waals surface area (Å²) in [6.07, 6.45) is 1.81. The number of methoxy groups -OCH3 is 1. The molecule has 0 fully saturated rings. The lowest BCUT2D eigenvalue weighted by Crippen LogP contribution is -1.98. The zero-order valence-electron chi connectivity index (χ0n) is 8.13. The number of halogens is 1. The minimum absolute atomic E-state index is 0.310. The number of benzene rings is 1. The monoisotopic (exact) mass is 256 g/mol. The molecule has 0 aliphatic rings. The summed E-state index contributed by atoms with van der Waals surface area (Å²) in [5, 5.41) is 0. The Hall–Kier alpha value is -0.640. The van der Waals surface area contributed by atoms with Gasteiger partial charge in [-0.2, -0.15) is 0 Å². The summed E-state index contributed by atoms with van der Waals surface area (Å²) in [4.78, 5) is 0. The van der Waals surface area contributed by atoms with Crippen LogP contribution < -0.4 is 0 Å². The van der Waals surface area contributed by atoms with Gasteiger partial charge in [-0.1, -0.05) is 30.9 Å². The molecule has 0 bridgehead atoms. The van der Waals surface area contributed by atoms with Gasteiger partial charge in [0, 0.05) is 11.6 Å². The molecule has 0 heterocycles. The van der Waals surface area contributed by atoms with Crippen molar-refractivity contribution in [3.63, 3.8) is 0 Å². The van der Waals surface area contributed by atoms with Gasteiger partial charge in [-0.15, -0.1) is 0 Å². The van der Waals surface area contributed by atoms with Gasteiger partial charge >= 0.3 is 0 Å². The van der Waals surface area contributed by atoms with E-state index in [4.69, 9.17) is 9.47 Å². The van der Waals surface area contributed by atoms with Crippen molar-refractivity contribution >= 4 is 22.0 Å². The molecule has 0 aromatic heterocycles. The van der Waals surface area contributed by atoms with E-state index in [1.807, 2.05) is 24.3 Å². The van der Waals surface area contributed by atoms with Crippen LogP contribution in [0.4, 0.5) is 0 Å². The maximum Gasteiger partial charge on any atom is 0.146 e. The maximum atomic E-state index is 5.26. The van der Waals surface area contributed by atoms with E-state index in [2.05, 4.69) is 22.5 Å². The number of hydrogen-bond donors (Lipinski definition) is 0. The highest BCUT2D eigenvalue weighted by molar-refractivity contribution is 9.10. The third-order valence-electron chi connectivity index (χ3n) is 1.79. The fraction of sp³-hybridized carbons (Fsp3) is 0.273. The highest BCUT2D eigenvalue weighted by atomic mass is 79.9. The second-order valence-corrected chi connectivity index (χ2v) is 3.57. The Kier molecular flexibility index (Phi) is 4.87. The zero-order chi connectivity index (χ0) is 10.4. The van der Waals surface area contributed by atoms with E-state index in [1.54, 1.807) is 7.11 Å². The summed E-state index contributed by atoms with van der Waals surface area (Å²) in [7, 11) is 1.61. The molecule has 0 atom stereocenters. The fourth-order valence-corrected chi connectivity index (χ4v) is 1.64. The van der Waals surface area contributed by atoms with Gasteiger partial charge in [-0.05, 0) is 27.1 Å². The highest BCUT2D eigenvalue weighted by Crippen LogP contribution is 2.23. The van der Waals surface area contributed by atoms with E-state index in [9.17, 15) is 0 Å². The molecule has 1 aromatic carbocycles. The predicted molar refractivity (Wildman–Crippen MR) is 60.9 cm³/mol. The molecule has 1 rings (SSSR count). The standard InChI is InChI=1S/C11H13BrO2/c1-3-9-5-4-6-10(11(9)12)7-14-8-13-2/h3-6H,1,7-8H2,2H3. The van der Waals surface area contributed by atoms with Crippen LogP contribution in [0.2, 0.25) is 0 Å². The van der Waals surface area contributed by atoms with Crippen molar-refractivity contribution in [3.05, 3.63) is 40.4 Å². The molecule has 0 saturated heterocycles. The van der Waals surface area contributed by atoms with E-state index < -0.39 is 0 Å². The molecular formula is C11H13BrO2. The number of ether oxygens (including phenoxy) is 2. The van der Waals surface area contributed by atoms with Crippen LogP contribution in [-0.4, -0.2) is 13.9 Å². The summed E-state index contributed by atoms with van der Waals surface area (Å²) in [6.45, 7) is 4.58. The Morgan fingerprint density at radius 3 is 2.93 bits per heavy atom. The van der Waals surface area contributed by atoms with Crippen LogP contribution in [0, 0.1) is 0 Å². The molecule has 14 heavy (non-hydrogen) atoms. The van der Waals surface area contributed by atoms with Crippen molar-refractivity contribution in [1.82, 2.24) is 0 Å². The van der Waals surface area contributed by atoms with E-state index in [-0.39, 0.29) is 0 Å². The summed E-state index contributed by atoms with van der Waals surface area (Å²) in [5.41, 5.74) is 2.17. The quantitative estimate of drug-likeness (QED) is 0.595. The molecule has 0 radical (unpaired) electrons. The lowest BCUT2D eigenvalue weighted by atomic mass is 10.1. The first kappa shape index (κ1) is 11.4. The number of rotatable bonds is 5. The first-order valence-electron chi connectivity index (χ1n) is 4.26. The van der Waals surface area contributed by atoms with Gasteiger partial charge in [-0.25, -0.2) is 0 Å². The molecule has 76 valence electrons. The van der Waals surface area contributed by atoms with Gasteiger partial charge in [0.2, 0.25) is 0 Å². The van der Waals surface area contributed by atoms with Crippen molar-refractivity contribution in [2.24, 2.45) is 0 Å². The molecule has 0 spiro atoms. The molecule has 0 N–H and O–H groups in total. The van der Waals surface area contributed by atoms with Gasteiger partial charge in [0.1, 0.15) is 6.79 Å². The van der Waals surface area contributed by atoms with Gasteiger partial charge in [0.05, 0.1) is 6.61 Å². The van der Waals surface area contributed by atoms with Crippen LogP contribution in [0.25, 0.3) is 6.08 Å². The van der Waals surface area contributed by atoms with E-state index >= 15 is 0 Å². The van der Waals surface area contributed by atoms with Crippen molar-refractivity contribution < 1.29 is 9.47 Å². The molecular weight excluding hydrogens is 244 g/mol. The van der Waals surface area contributed by atoms with Crippen LogP contribution in [0.3, 0.4) is 0 Å². The Morgan fingerprint density at radius 1 is 1.50 bits per heavy atom. The van der Waals surface area contributed by atoms with Gasteiger partial charge in [0.15, 0.2) is 0 Å². The summed E-state index contributed by atoms with van der Waals surface area (Å²) < 4.78 is 11.1. The van der Waals surface area contributed by atoms with Gasteiger partial charge in [-0.3, -0.25) is 0 Å². The average Bonchev–Trinajstić information content (AvgIpc) is 2.21. The SMILES string of the molecule is C=Cc1cccc(COCOC)c1Br. The lowest BCUT2D eigenvalue weighted by Gasteiger charge is -2.07. The third-order valence-corrected chi connectivity index (χ3v) is 2.75. The minimum Gasteiger partial charge on any atom is -0.359 e. The molecule has 0 saturated carbocycles. The second-order valence-electron chi connectivity index (χ2n) is 2.78. The maximum absolute atomic E-state index is 5.26. The Labute approximate surface area is 92.7 Å². The first-order valence-corrected chi connectivity index (χ1v) is 5.05. The topological polar surface area (TPSA) is 18.5 Å². The van der Waals surface area contributed by atoms with E-state index in [0.717, 1.165) is 15.6 Å². The van der Waals surface area contributed by atoms with E-state index in [0.29, 0.717) is 13.4 Å². The summed E-state index contributed by atoms with van der Waals surface area (Å²) in [5.74, 6) is 0. The molecule has 3 heteroatoms. The third kappa shape index (κ3) is 2.94. The lowest BCUT2D eigenvalue weighted by molar-refractivity contribution is -0.0392. The van der Waals surface area contributed by atoms with Crippen LogP contribution in [0.1, 0.15) is 11.1 Å². The van der Waals surface area contributed by atoms with Gasteiger partial charge < -0.3 is 9.47 Å². The molecule has 2 nitrogen and oxygen atoms in total. The van der Waals surface area contributed by atoms with Crippen molar-refractivity contribution in [2.75, 3.05) is 13.9 Å². The molecule has 0 amide bonds. The highest BCUT2D eigenvalue weighted by Gasteiger charge is 2.02. The van der Waals surface area contributed by atoms with Gasteiger partial charge in [0.25, 0.3) is 0 Å². The fourth-order valence-electron chi connectivity index (χ4n) is 1.10. The van der Waals surface area contributed by atoms with Crippen LogP contribution in [-0.2, 0) is 16.1 Å². The molecule has 0 unspecified atom stereocenters. The molecule has 1 aromatic rings. The number of hydrogen-bond acceptors (Lipinski definition) is 2. The van der Waals surface area contributed by atoms with Crippen molar-refractivity contribution in [2.45, 2.75) is 6.61 Å².